The third-order valence-corrected chi connectivity index (χ3v) is 3.48. The quantitative estimate of drug-likeness (QED) is 0.758. The second-order valence-electron chi connectivity index (χ2n) is 5.08. The first kappa shape index (κ1) is 15.9. The molecule has 0 aliphatic carbocycles. The second-order valence-corrected chi connectivity index (χ2v) is 5.08. The average molecular weight is 334 g/mol. The molecule has 124 valence electrons. The summed E-state index contributed by atoms with van der Waals surface area (Å²) in [5.41, 5.74) is 1.50. The molecule has 7 heteroatoms. The molecule has 0 fully saturated rings. The minimum atomic E-state index is -4.78. The van der Waals surface area contributed by atoms with Gasteiger partial charge < -0.3 is 15.0 Å². The summed E-state index contributed by atoms with van der Waals surface area (Å²) < 4.78 is 41.2. The van der Waals surface area contributed by atoms with Crippen molar-refractivity contribution < 1.29 is 22.7 Å². The maximum Gasteiger partial charge on any atom is 0.573 e. The molecule has 0 spiro atoms. The summed E-state index contributed by atoms with van der Waals surface area (Å²) >= 11 is 0. The number of alkyl halides is 3. The van der Waals surface area contributed by atoms with Crippen LogP contribution in [-0.2, 0) is 6.54 Å². The number of benzene rings is 2. The molecule has 0 aliphatic rings. The maximum absolute atomic E-state index is 12.4. The molecule has 2 N–H and O–H groups in total. The van der Waals surface area contributed by atoms with Crippen molar-refractivity contribution >= 4 is 16.8 Å². The lowest BCUT2D eigenvalue weighted by Crippen LogP contribution is -2.24. The van der Waals surface area contributed by atoms with E-state index in [1.165, 1.54) is 18.2 Å². The van der Waals surface area contributed by atoms with Crippen LogP contribution >= 0.6 is 0 Å². The van der Waals surface area contributed by atoms with Crippen molar-refractivity contribution in [1.82, 2.24) is 10.3 Å². The Morgan fingerprint density at radius 3 is 2.67 bits per heavy atom. The zero-order valence-electron chi connectivity index (χ0n) is 12.4. The fourth-order valence-electron chi connectivity index (χ4n) is 2.43. The molecular weight excluding hydrogens is 321 g/mol. The van der Waals surface area contributed by atoms with E-state index in [0.29, 0.717) is 5.56 Å². The SMILES string of the molecule is O=C(NCc1ccccc1OC(F)(F)F)c1cccc2[nH]ccc12. The molecule has 1 heterocycles. The van der Waals surface area contributed by atoms with Gasteiger partial charge in [-0.15, -0.1) is 13.2 Å². The number of fused-ring (bicyclic) bond motifs is 1. The van der Waals surface area contributed by atoms with Crippen molar-refractivity contribution in [1.29, 1.82) is 0 Å². The number of H-pyrrole nitrogens is 1. The monoisotopic (exact) mass is 334 g/mol. The molecule has 0 unspecified atom stereocenters. The summed E-state index contributed by atoms with van der Waals surface area (Å²) in [7, 11) is 0. The number of rotatable bonds is 4. The first-order valence-electron chi connectivity index (χ1n) is 7.12. The van der Waals surface area contributed by atoms with Crippen LogP contribution in [0.15, 0.2) is 54.7 Å². The van der Waals surface area contributed by atoms with E-state index >= 15 is 0 Å². The van der Waals surface area contributed by atoms with E-state index in [1.807, 2.05) is 6.07 Å². The van der Waals surface area contributed by atoms with E-state index in [1.54, 1.807) is 30.5 Å². The molecule has 4 nitrogen and oxygen atoms in total. The van der Waals surface area contributed by atoms with Crippen LogP contribution < -0.4 is 10.1 Å². The number of para-hydroxylation sites is 1. The molecule has 0 saturated heterocycles. The summed E-state index contributed by atoms with van der Waals surface area (Å²) in [6, 6.07) is 12.7. The first-order chi connectivity index (χ1) is 11.4. The molecule has 2 aromatic carbocycles. The Hall–Kier alpha value is -2.96. The molecule has 0 aliphatic heterocycles. The number of hydrogen-bond donors (Lipinski definition) is 2. The van der Waals surface area contributed by atoms with Crippen molar-refractivity contribution in [3.05, 3.63) is 65.9 Å². The van der Waals surface area contributed by atoms with Gasteiger partial charge in [0.1, 0.15) is 5.75 Å². The normalized spacial score (nSPS) is 11.5. The molecular formula is C17H13F3N2O2. The van der Waals surface area contributed by atoms with Gasteiger partial charge in [-0.3, -0.25) is 4.79 Å². The van der Waals surface area contributed by atoms with Crippen LogP contribution in [0, 0.1) is 0 Å². The topological polar surface area (TPSA) is 54.1 Å². The van der Waals surface area contributed by atoms with E-state index < -0.39 is 6.36 Å². The Morgan fingerprint density at radius 2 is 1.88 bits per heavy atom. The zero-order valence-corrected chi connectivity index (χ0v) is 12.4. The van der Waals surface area contributed by atoms with Crippen molar-refractivity contribution in [3.8, 4) is 5.75 Å². The summed E-state index contributed by atoms with van der Waals surface area (Å²) in [5.74, 6) is -0.702. The standard InChI is InChI=1S/C17H13F3N2O2/c18-17(19,20)24-15-7-2-1-4-11(15)10-22-16(23)13-5-3-6-14-12(13)8-9-21-14/h1-9,21H,10H2,(H,22,23). The Bertz CT molecular complexity index is 871. The van der Waals surface area contributed by atoms with Gasteiger partial charge in [0.25, 0.3) is 5.91 Å². The highest BCUT2D eigenvalue weighted by Gasteiger charge is 2.32. The van der Waals surface area contributed by atoms with Gasteiger partial charge in [0, 0.05) is 34.8 Å². The van der Waals surface area contributed by atoms with Crippen molar-refractivity contribution in [2.24, 2.45) is 0 Å². The predicted octanol–water partition coefficient (Wildman–Crippen LogP) is 4.00. The average Bonchev–Trinajstić information content (AvgIpc) is 3.00. The molecule has 3 rings (SSSR count). The van der Waals surface area contributed by atoms with Gasteiger partial charge in [0.05, 0.1) is 0 Å². The lowest BCUT2D eigenvalue weighted by Gasteiger charge is -2.13. The van der Waals surface area contributed by atoms with Crippen LogP contribution in [0.3, 0.4) is 0 Å². The smallest absolute Gasteiger partial charge is 0.405 e. The molecule has 0 atom stereocenters. The first-order valence-corrected chi connectivity index (χ1v) is 7.12. The highest BCUT2D eigenvalue weighted by Crippen LogP contribution is 2.26. The summed E-state index contributed by atoms with van der Waals surface area (Å²) in [4.78, 5) is 15.3. The minimum Gasteiger partial charge on any atom is -0.405 e. The highest BCUT2D eigenvalue weighted by atomic mass is 19.4. The largest absolute Gasteiger partial charge is 0.573 e. The molecule has 1 aromatic heterocycles. The number of amides is 1. The van der Waals surface area contributed by atoms with Crippen molar-refractivity contribution in [2.45, 2.75) is 12.9 Å². The van der Waals surface area contributed by atoms with Crippen LogP contribution in [0.1, 0.15) is 15.9 Å². The number of carbonyl (C=O) groups is 1. The molecule has 1 amide bonds. The molecule has 0 bridgehead atoms. The highest BCUT2D eigenvalue weighted by molar-refractivity contribution is 6.06. The number of halogens is 3. The third kappa shape index (κ3) is 3.51. The maximum atomic E-state index is 12.4. The fraction of sp³-hybridized carbons (Fsp3) is 0.118. The number of aromatic amines is 1. The summed E-state index contributed by atoms with van der Waals surface area (Å²) in [5, 5.41) is 3.37. The number of aromatic nitrogens is 1. The van der Waals surface area contributed by atoms with Crippen molar-refractivity contribution in [2.75, 3.05) is 0 Å². The van der Waals surface area contributed by atoms with Gasteiger partial charge in [-0.1, -0.05) is 24.3 Å². The van der Waals surface area contributed by atoms with Crippen LogP contribution in [0.2, 0.25) is 0 Å². The Morgan fingerprint density at radius 1 is 1.08 bits per heavy atom. The molecule has 3 aromatic rings. The minimum absolute atomic E-state index is 0.0775. The van der Waals surface area contributed by atoms with Crippen LogP contribution in [0.4, 0.5) is 13.2 Å². The lowest BCUT2D eigenvalue weighted by atomic mass is 10.1. The van der Waals surface area contributed by atoms with Gasteiger partial charge in [-0.2, -0.15) is 0 Å². The zero-order chi connectivity index (χ0) is 17.2. The second kappa shape index (κ2) is 6.27. The van der Waals surface area contributed by atoms with E-state index in [9.17, 15) is 18.0 Å². The fourth-order valence-corrected chi connectivity index (χ4v) is 2.43. The Kier molecular flexibility index (Phi) is 4.16. The molecule has 24 heavy (non-hydrogen) atoms. The Labute approximate surface area is 135 Å². The molecule has 0 saturated carbocycles. The van der Waals surface area contributed by atoms with Gasteiger partial charge in [0.2, 0.25) is 0 Å². The van der Waals surface area contributed by atoms with E-state index in [4.69, 9.17) is 0 Å². The summed E-state index contributed by atoms with van der Waals surface area (Å²) in [6.45, 7) is -0.0775. The number of ether oxygens (including phenoxy) is 1. The van der Waals surface area contributed by atoms with Gasteiger partial charge in [-0.05, 0) is 24.3 Å². The van der Waals surface area contributed by atoms with Gasteiger partial charge in [0.15, 0.2) is 0 Å². The van der Waals surface area contributed by atoms with E-state index in [2.05, 4.69) is 15.0 Å². The van der Waals surface area contributed by atoms with Crippen LogP contribution in [0.5, 0.6) is 5.75 Å². The summed E-state index contributed by atoms with van der Waals surface area (Å²) in [6.07, 6.45) is -3.06. The Balaban J connectivity index is 1.77. The van der Waals surface area contributed by atoms with Crippen LogP contribution in [0.25, 0.3) is 10.9 Å². The number of hydrogen-bond acceptors (Lipinski definition) is 2. The number of carbonyl (C=O) groups excluding carboxylic acids is 1. The number of nitrogens with one attached hydrogen (secondary N) is 2. The van der Waals surface area contributed by atoms with E-state index in [-0.39, 0.29) is 23.8 Å². The van der Waals surface area contributed by atoms with Crippen LogP contribution in [-0.4, -0.2) is 17.3 Å². The van der Waals surface area contributed by atoms with Crippen molar-refractivity contribution in [3.63, 3.8) is 0 Å². The third-order valence-electron chi connectivity index (χ3n) is 3.48. The van der Waals surface area contributed by atoms with Gasteiger partial charge in [-0.25, -0.2) is 0 Å². The predicted molar refractivity (Wildman–Crippen MR) is 82.6 cm³/mol. The van der Waals surface area contributed by atoms with Gasteiger partial charge >= 0.3 is 6.36 Å². The van der Waals surface area contributed by atoms with E-state index in [0.717, 1.165) is 10.9 Å². The molecule has 0 radical (unpaired) electrons. The lowest BCUT2D eigenvalue weighted by molar-refractivity contribution is -0.274.